The maximum atomic E-state index is 13.3. The molecule has 6 nitrogen and oxygen atoms in total. The Morgan fingerprint density at radius 2 is 1.76 bits per heavy atom. The first-order chi connectivity index (χ1) is 13.7. The Kier molecular flexibility index (Phi) is 6.51. The van der Waals surface area contributed by atoms with E-state index in [0.717, 1.165) is 0 Å². The van der Waals surface area contributed by atoms with Crippen molar-refractivity contribution in [2.24, 2.45) is 0 Å². The van der Waals surface area contributed by atoms with E-state index in [1.54, 1.807) is 36.1 Å². The van der Waals surface area contributed by atoms with Crippen LogP contribution in [0.15, 0.2) is 53.4 Å². The van der Waals surface area contributed by atoms with Gasteiger partial charge in [-0.3, -0.25) is 9.10 Å². The molecule has 2 aromatic rings. The van der Waals surface area contributed by atoms with Gasteiger partial charge in [0.1, 0.15) is 0 Å². The molecule has 3 rings (SSSR count). The second kappa shape index (κ2) is 8.73. The summed E-state index contributed by atoms with van der Waals surface area (Å²) in [4.78, 5) is 14.8. The fourth-order valence-corrected chi connectivity index (χ4v) is 5.25. The van der Waals surface area contributed by atoms with Crippen molar-refractivity contribution in [2.45, 2.75) is 37.9 Å². The van der Waals surface area contributed by atoms with Gasteiger partial charge >= 0.3 is 0 Å². The molecule has 0 saturated carbocycles. The van der Waals surface area contributed by atoms with E-state index in [0.29, 0.717) is 18.8 Å². The van der Waals surface area contributed by atoms with Gasteiger partial charge in [0.2, 0.25) is 0 Å². The van der Waals surface area contributed by atoms with Gasteiger partial charge in [-0.2, -0.15) is 0 Å². The summed E-state index contributed by atoms with van der Waals surface area (Å²) in [7, 11) is -3.85. The lowest BCUT2D eigenvalue weighted by Crippen LogP contribution is -2.48. The molecule has 1 aliphatic heterocycles. The van der Waals surface area contributed by atoms with E-state index >= 15 is 0 Å². The number of carbonyl (C=O) groups is 1. The van der Waals surface area contributed by atoms with Crippen LogP contribution >= 0.6 is 11.6 Å². The highest BCUT2D eigenvalue weighted by Crippen LogP contribution is 2.28. The van der Waals surface area contributed by atoms with Gasteiger partial charge in [0.05, 0.1) is 33.4 Å². The van der Waals surface area contributed by atoms with Crippen molar-refractivity contribution in [3.63, 3.8) is 0 Å². The van der Waals surface area contributed by atoms with Crippen molar-refractivity contribution < 1.29 is 17.9 Å². The van der Waals surface area contributed by atoms with Gasteiger partial charge in [0.25, 0.3) is 15.9 Å². The summed E-state index contributed by atoms with van der Waals surface area (Å²) in [5.74, 6) is -0.295. The number of benzene rings is 2. The van der Waals surface area contributed by atoms with E-state index in [1.807, 2.05) is 19.9 Å². The standard InChI is InChI=1S/C21H25ClN2O4S/c1-4-24(17-8-6-5-7-9-17)29(26,27)18-10-11-20(22)19(12-18)21(25)23-13-15(2)28-16(3)14-23/h5-12,15-16H,4,13-14H2,1-3H3/t15-,16-/m0/s1. The van der Waals surface area contributed by atoms with Crippen molar-refractivity contribution in [2.75, 3.05) is 23.9 Å². The summed E-state index contributed by atoms with van der Waals surface area (Å²) in [6.45, 7) is 6.69. The molecule has 8 heteroatoms. The summed E-state index contributed by atoms with van der Waals surface area (Å²) in [6, 6.07) is 13.1. The molecule has 1 aliphatic rings. The molecule has 0 unspecified atom stereocenters. The number of anilines is 1. The molecule has 1 heterocycles. The molecule has 2 aromatic carbocycles. The predicted molar refractivity (Wildman–Crippen MR) is 114 cm³/mol. The number of amides is 1. The number of rotatable bonds is 5. The minimum atomic E-state index is -3.85. The van der Waals surface area contributed by atoms with Gasteiger partial charge in [-0.25, -0.2) is 8.42 Å². The van der Waals surface area contributed by atoms with Crippen LogP contribution in [0.3, 0.4) is 0 Å². The topological polar surface area (TPSA) is 66.9 Å². The summed E-state index contributed by atoms with van der Waals surface area (Å²) in [6.07, 6.45) is -0.191. The number of hydrogen-bond donors (Lipinski definition) is 0. The Balaban J connectivity index is 1.97. The molecule has 29 heavy (non-hydrogen) atoms. The van der Waals surface area contributed by atoms with Gasteiger partial charge in [0, 0.05) is 19.6 Å². The van der Waals surface area contributed by atoms with Crippen LogP contribution in [0.1, 0.15) is 31.1 Å². The lowest BCUT2D eigenvalue weighted by molar-refractivity contribution is -0.0586. The van der Waals surface area contributed by atoms with Crippen LogP contribution in [0.2, 0.25) is 5.02 Å². The van der Waals surface area contributed by atoms with Crippen LogP contribution in [0, 0.1) is 0 Å². The minimum Gasteiger partial charge on any atom is -0.372 e. The van der Waals surface area contributed by atoms with E-state index in [-0.39, 0.29) is 40.1 Å². The normalized spacial score (nSPS) is 19.8. The monoisotopic (exact) mass is 436 g/mol. The minimum absolute atomic E-state index is 0.0327. The number of sulfonamides is 1. The molecule has 0 bridgehead atoms. The second-order valence-corrected chi connectivity index (χ2v) is 9.38. The fourth-order valence-electron chi connectivity index (χ4n) is 3.56. The maximum absolute atomic E-state index is 13.3. The molecule has 0 aromatic heterocycles. The van der Waals surface area contributed by atoms with Crippen LogP contribution in [0.4, 0.5) is 5.69 Å². The Morgan fingerprint density at radius 1 is 1.14 bits per heavy atom. The average molecular weight is 437 g/mol. The number of morpholine rings is 1. The lowest BCUT2D eigenvalue weighted by Gasteiger charge is -2.35. The molecule has 1 saturated heterocycles. The lowest BCUT2D eigenvalue weighted by atomic mass is 10.1. The Morgan fingerprint density at radius 3 is 2.34 bits per heavy atom. The highest BCUT2D eigenvalue weighted by molar-refractivity contribution is 7.92. The van der Waals surface area contributed by atoms with Crippen LogP contribution < -0.4 is 4.31 Å². The van der Waals surface area contributed by atoms with Crippen LogP contribution in [-0.2, 0) is 14.8 Å². The van der Waals surface area contributed by atoms with Crippen molar-refractivity contribution in [3.8, 4) is 0 Å². The third-order valence-corrected chi connectivity index (χ3v) is 7.02. The van der Waals surface area contributed by atoms with Crippen LogP contribution in [0.5, 0.6) is 0 Å². The number of nitrogens with zero attached hydrogens (tertiary/aromatic N) is 2. The quantitative estimate of drug-likeness (QED) is 0.714. The maximum Gasteiger partial charge on any atom is 0.264 e. The SMILES string of the molecule is CCN(c1ccccc1)S(=O)(=O)c1ccc(Cl)c(C(=O)N2C[C@H](C)O[C@@H](C)C2)c1. The molecule has 0 spiro atoms. The van der Waals surface area contributed by atoms with Gasteiger partial charge < -0.3 is 9.64 Å². The summed E-state index contributed by atoms with van der Waals surface area (Å²) in [5.41, 5.74) is 0.742. The van der Waals surface area contributed by atoms with E-state index in [9.17, 15) is 13.2 Å². The van der Waals surface area contributed by atoms with E-state index in [4.69, 9.17) is 16.3 Å². The van der Waals surface area contributed by atoms with Crippen molar-refractivity contribution >= 4 is 33.2 Å². The largest absolute Gasteiger partial charge is 0.372 e. The molecule has 1 fully saturated rings. The molecule has 156 valence electrons. The molecule has 0 radical (unpaired) electrons. The number of carbonyl (C=O) groups excluding carboxylic acids is 1. The van der Waals surface area contributed by atoms with Crippen LogP contribution in [0.25, 0.3) is 0 Å². The number of para-hydroxylation sites is 1. The van der Waals surface area contributed by atoms with Crippen molar-refractivity contribution in [1.29, 1.82) is 0 Å². The molecule has 1 amide bonds. The Labute approximate surface area is 177 Å². The first kappa shape index (κ1) is 21.6. The summed E-state index contributed by atoms with van der Waals surface area (Å²) in [5, 5.41) is 0.225. The molecular formula is C21H25ClN2O4S. The number of ether oxygens (including phenoxy) is 1. The van der Waals surface area contributed by atoms with Gasteiger partial charge in [-0.1, -0.05) is 29.8 Å². The van der Waals surface area contributed by atoms with E-state index in [1.165, 1.54) is 22.5 Å². The zero-order chi connectivity index (χ0) is 21.2. The Hall–Kier alpha value is -2.09. The van der Waals surface area contributed by atoms with E-state index in [2.05, 4.69) is 0 Å². The summed E-state index contributed by atoms with van der Waals surface area (Å²) >= 11 is 6.28. The zero-order valence-corrected chi connectivity index (χ0v) is 18.3. The molecular weight excluding hydrogens is 412 g/mol. The van der Waals surface area contributed by atoms with Gasteiger partial charge in [0.15, 0.2) is 0 Å². The molecule has 2 atom stereocenters. The average Bonchev–Trinajstić information content (AvgIpc) is 2.68. The summed E-state index contributed by atoms with van der Waals surface area (Å²) < 4.78 is 33.5. The van der Waals surface area contributed by atoms with Crippen molar-refractivity contribution in [3.05, 3.63) is 59.1 Å². The number of hydrogen-bond acceptors (Lipinski definition) is 4. The first-order valence-electron chi connectivity index (χ1n) is 9.56. The smallest absolute Gasteiger partial charge is 0.264 e. The number of halogens is 1. The molecule has 0 N–H and O–H groups in total. The molecule has 0 aliphatic carbocycles. The van der Waals surface area contributed by atoms with Crippen molar-refractivity contribution in [1.82, 2.24) is 4.90 Å². The highest BCUT2D eigenvalue weighted by Gasteiger charge is 2.30. The van der Waals surface area contributed by atoms with Gasteiger partial charge in [-0.15, -0.1) is 0 Å². The zero-order valence-electron chi connectivity index (χ0n) is 16.7. The van der Waals surface area contributed by atoms with Crippen LogP contribution in [-0.4, -0.2) is 51.1 Å². The Bertz CT molecular complexity index is 971. The van der Waals surface area contributed by atoms with E-state index < -0.39 is 10.0 Å². The predicted octanol–water partition coefficient (Wildman–Crippen LogP) is 3.80. The second-order valence-electron chi connectivity index (χ2n) is 7.11. The fraction of sp³-hybridized carbons (Fsp3) is 0.381. The van der Waals surface area contributed by atoms with Gasteiger partial charge in [-0.05, 0) is 51.1 Å². The highest BCUT2D eigenvalue weighted by atomic mass is 35.5. The third-order valence-electron chi connectivity index (χ3n) is 4.79. The first-order valence-corrected chi connectivity index (χ1v) is 11.4. The third kappa shape index (κ3) is 4.57.